The quantitative estimate of drug-likeness (QED) is 0.915. The number of hydrogen-bond donors (Lipinski definition) is 1. The molecule has 4 rings (SSSR count). The second-order valence-electron chi connectivity index (χ2n) is 6.74. The summed E-state index contributed by atoms with van der Waals surface area (Å²) in [6.45, 7) is 3.25. The van der Waals surface area contributed by atoms with Crippen LogP contribution in [0.4, 0.5) is 0 Å². The molecule has 0 bridgehead atoms. The minimum Gasteiger partial charge on any atom is -0.361 e. The van der Waals surface area contributed by atoms with E-state index in [1.807, 2.05) is 0 Å². The minimum atomic E-state index is 0.251. The van der Waals surface area contributed by atoms with Gasteiger partial charge in [0.15, 0.2) is 0 Å². The van der Waals surface area contributed by atoms with Gasteiger partial charge in [-0.3, -0.25) is 9.69 Å². The lowest BCUT2D eigenvalue weighted by atomic mass is 9.92. The van der Waals surface area contributed by atoms with Gasteiger partial charge in [0, 0.05) is 30.5 Å². The van der Waals surface area contributed by atoms with Crippen molar-refractivity contribution >= 4 is 5.91 Å². The molecular weight excluding hydrogens is 266 g/mol. The lowest BCUT2D eigenvalue weighted by molar-refractivity contribution is -0.123. The first kappa shape index (κ1) is 13.3. The lowest BCUT2D eigenvalue weighted by Gasteiger charge is -2.23. The Bertz CT molecular complexity index is 530. The third-order valence-corrected chi connectivity index (χ3v) is 4.99. The number of rotatable bonds is 4. The van der Waals surface area contributed by atoms with Gasteiger partial charge in [-0.2, -0.15) is 0 Å². The number of fused-ring (bicyclic) bond motifs is 1. The van der Waals surface area contributed by atoms with Crippen LogP contribution >= 0.6 is 0 Å². The standard InChI is InChI=1S/C16H23N3O2/c20-16(11-3-4-11)17-12-5-6-15-13(9-12)14(18-21-15)10-19-7-1-2-8-19/h11-12H,1-10H2,(H,17,20). The fourth-order valence-corrected chi connectivity index (χ4v) is 3.53. The Labute approximate surface area is 125 Å². The summed E-state index contributed by atoms with van der Waals surface area (Å²) in [6.07, 6.45) is 7.48. The topological polar surface area (TPSA) is 58.4 Å². The Morgan fingerprint density at radius 1 is 1.29 bits per heavy atom. The molecular formula is C16H23N3O2. The Balaban J connectivity index is 1.42. The summed E-state index contributed by atoms with van der Waals surface area (Å²) in [5.41, 5.74) is 2.35. The molecule has 1 N–H and O–H groups in total. The van der Waals surface area contributed by atoms with Crippen molar-refractivity contribution < 1.29 is 9.32 Å². The highest BCUT2D eigenvalue weighted by atomic mass is 16.5. The summed E-state index contributed by atoms with van der Waals surface area (Å²) in [7, 11) is 0. The molecule has 0 spiro atoms. The van der Waals surface area contributed by atoms with Gasteiger partial charge >= 0.3 is 0 Å². The van der Waals surface area contributed by atoms with Crippen LogP contribution in [0, 0.1) is 5.92 Å². The molecule has 5 heteroatoms. The molecule has 2 heterocycles. The molecule has 0 radical (unpaired) electrons. The largest absolute Gasteiger partial charge is 0.361 e. The summed E-state index contributed by atoms with van der Waals surface area (Å²) < 4.78 is 5.52. The maximum Gasteiger partial charge on any atom is 0.223 e. The van der Waals surface area contributed by atoms with Crippen LogP contribution in [0.1, 0.15) is 49.1 Å². The number of hydrogen-bond acceptors (Lipinski definition) is 4. The Morgan fingerprint density at radius 2 is 2.10 bits per heavy atom. The summed E-state index contributed by atoms with van der Waals surface area (Å²) in [6, 6.07) is 0.266. The third-order valence-electron chi connectivity index (χ3n) is 4.99. The van der Waals surface area contributed by atoms with Crippen LogP contribution in [0.5, 0.6) is 0 Å². The van der Waals surface area contributed by atoms with Gasteiger partial charge in [0.1, 0.15) is 11.5 Å². The summed E-state index contributed by atoms with van der Waals surface area (Å²) in [5, 5.41) is 7.50. The van der Waals surface area contributed by atoms with Crippen LogP contribution in [0.2, 0.25) is 0 Å². The second-order valence-corrected chi connectivity index (χ2v) is 6.74. The average molecular weight is 289 g/mol. The van der Waals surface area contributed by atoms with Crippen molar-refractivity contribution in [1.82, 2.24) is 15.4 Å². The number of nitrogens with one attached hydrogen (secondary N) is 1. The van der Waals surface area contributed by atoms with Crippen molar-refractivity contribution in [3.05, 3.63) is 17.0 Å². The Morgan fingerprint density at radius 3 is 2.86 bits per heavy atom. The first-order valence-electron chi connectivity index (χ1n) is 8.28. The number of amides is 1. The average Bonchev–Trinajstić information content (AvgIpc) is 3.09. The van der Waals surface area contributed by atoms with Crippen LogP contribution in [-0.4, -0.2) is 35.1 Å². The molecule has 1 aromatic heterocycles. The van der Waals surface area contributed by atoms with Crippen LogP contribution in [0.25, 0.3) is 0 Å². The normalized spacial score (nSPS) is 25.8. The van der Waals surface area contributed by atoms with E-state index < -0.39 is 0 Å². The predicted molar refractivity (Wildman–Crippen MR) is 77.7 cm³/mol. The van der Waals surface area contributed by atoms with Gasteiger partial charge in [-0.15, -0.1) is 0 Å². The van der Waals surface area contributed by atoms with Gasteiger partial charge in [0.2, 0.25) is 5.91 Å². The zero-order valence-electron chi connectivity index (χ0n) is 12.4. The van der Waals surface area contributed by atoms with E-state index in [9.17, 15) is 4.79 Å². The van der Waals surface area contributed by atoms with Gasteiger partial charge in [0.25, 0.3) is 0 Å². The predicted octanol–water partition coefficient (Wildman–Crippen LogP) is 1.65. The highest BCUT2D eigenvalue weighted by molar-refractivity contribution is 5.81. The number of aryl methyl sites for hydroxylation is 1. The maximum atomic E-state index is 11.9. The fourth-order valence-electron chi connectivity index (χ4n) is 3.53. The zero-order valence-corrected chi connectivity index (χ0v) is 12.4. The summed E-state index contributed by atoms with van der Waals surface area (Å²) >= 11 is 0. The highest BCUT2D eigenvalue weighted by Crippen LogP contribution is 2.30. The van der Waals surface area contributed by atoms with Crippen LogP contribution in [0.15, 0.2) is 4.52 Å². The highest BCUT2D eigenvalue weighted by Gasteiger charge is 2.33. The molecule has 21 heavy (non-hydrogen) atoms. The van der Waals surface area contributed by atoms with Crippen molar-refractivity contribution in [2.45, 2.75) is 57.5 Å². The van der Waals surface area contributed by atoms with Gasteiger partial charge < -0.3 is 9.84 Å². The number of carbonyl (C=O) groups excluding carboxylic acids is 1. The van der Waals surface area contributed by atoms with E-state index in [-0.39, 0.29) is 17.9 Å². The summed E-state index contributed by atoms with van der Waals surface area (Å²) in [4.78, 5) is 14.4. The molecule has 3 aliphatic rings. The summed E-state index contributed by atoms with van der Waals surface area (Å²) in [5.74, 6) is 1.58. The monoisotopic (exact) mass is 289 g/mol. The van der Waals surface area contributed by atoms with E-state index in [4.69, 9.17) is 4.52 Å². The molecule has 1 aromatic rings. The van der Waals surface area contributed by atoms with E-state index in [1.165, 1.54) is 31.5 Å². The van der Waals surface area contributed by atoms with E-state index in [1.54, 1.807) is 0 Å². The molecule has 1 amide bonds. The molecule has 5 nitrogen and oxygen atoms in total. The first-order chi connectivity index (χ1) is 10.3. The Kier molecular flexibility index (Phi) is 3.45. The molecule has 1 aliphatic heterocycles. The molecule has 114 valence electrons. The van der Waals surface area contributed by atoms with Crippen LogP contribution in [0.3, 0.4) is 0 Å². The van der Waals surface area contributed by atoms with Crippen molar-refractivity contribution in [3.63, 3.8) is 0 Å². The van der Waals surface area contributed by atoms with Crippen LogP contribution in [-0.2, 0) is 24.2 Å². The third kappa shape index (κ3) is 2.84. The molecule has 1 unspecified atom stereocenters. The molecule has 1 saturated heterocycles. The second kappa shape index (κ2) is 5.44. The smallest absolute Gasteiger partial charge is 0.223 e. The van der Waals surface area contributed by atoms with Crippen molar-refractivity contribution in [3.8, 4) is 0 Å². The number of carbonyl (C=O) groups is 1. The SMILES string of the molecule is O=C(NC1CCc2onc(CN3CCCC3)c2C1)C1CC1. The van der Waals surface area contributed by atoms with E-state index in [0.717, 1.165) is 50.1 Å². The number of aromatic nitrogens is 1. The van der Waals surface area contributed by atoms with Crippen molar-refractivity contribution in [1.29, 1.82) is 0 Å². The van der Waals surface area contributed by atoms with E-state index >= 15 is 0 Å². The van der Waals surface area contributed by atoms with Crippen LogP contribution < -0.4 is 5.32 Å². The zero-order chi connectivity index (χ0) is 14.2. The number of nitrogens with zero attached hydrogens (tertiary/aromatic N) is 2. The minimum absolute atomic E-state index is 0.251. The molecule has 0 aromatic carbocycles. The van der Waals surface area contributed by atoms with E-state index in [0.29, 0.717) is 0 Å². The molecule has 1 saturated carbocycles. The maximum absolute atomic E-state index is 11.9. The molecule has 1 atom stereocenters. The molecule has 2 aliphatic carbocycles. The number of likely N-dealkylation sites (tertiary alicyclic amines) is 1. The van der Waals surface area contributed by atoms with Crippen molar-refractivity contribution in [2.75, 3.05) is 13.1 Å². The van der Waals surface area contributed by atoms with E-state index in [2.05, 4.69) is 15.4 Å². The van der Waals surface area contributed by atoms with Gasteiger partial charge in [-0.25, -0.2) is 0 Å². The first-order valence-corrected chi connectivity index (χ1v) is 8.28. The van der Waals surface area contributed by atoms with Gasteiger partial charge in [-0.1, -0.05) is 5.16 Å². The lowest BCUT2D eigenvalue weighted by Crippen LogP contribution is -2.39. The fraction of sp³-hybridized carbons (Fsp3) is 0.750. The Hall–Kier alpha value is -1.36. The van der Waals surface area contributed by atoms with Gasteiger partial charge in [0.05, 0.1) is 0 Å². The van der Waals surface area contributed by atoms with Gasteiger partial charge in [-0.05, 0) is 51.6 Å². The molecule has 2 fully saturated rings. The van der Waals surface area contributed by atoms with Crippen molar-refractivity contribution in [2.24, 2.45) is 5.92 Å².